The van der Waals surface area contributed by atoms with Crippen LogP contribution in [-0.4, -0.2) is 25.2 Å². The Bertz CT molecular complexity index is 628. The first-order valence-corrected chi connectivity index (χ1v) is 5.80. The lowest BCUT2D eigenvalue weighted by atomic mass is 10.2. The van der Waals surface area contributed by atoms with E-state index >= 15 is 0 Å². The van der Waals surface area contributed by atoms with Crippen LogP contribution in [0.15, 0.2) is 36.5 Å². The molecule has 0 atom stereocenters. The predicted molar refractivity (Wildman–Crippen MR) is 73.1 cm³/mol. The van der Waals surface area contributed by atoms with E-state index in [2.05, 4.69) is 9.72 Å². The zero-order chi connectivity index (χ0) is 14.5. The second-order valence-electron chi connectivity index (χ2n) is 3.85. The maximum atomic E-state index is 11.5. The number of esters is 1. The Balaban J connectivity index is 2.31. The van der Waals surface area contributed by atoms with Gasteiger partial charge in [0.1, 0.15) is 17.2 Å². The molecule has 0 bridgehead atoms. The van der Waals surface area contributed by atoms with Gasteiger partial charge in [-0.25, -0.2) is 9.78 Å². The highest BCUT2D eigenvalue weighted by atomic mass is 16.5. The molecule has 2 N–H and O–H groups in total. The van der Waals surface area contributed by atoms with Gasteiger partial charge in [-0.1, -0.05) is 6.07 Å². The fourth-order valence-corrected chi connectivity index (χ4v) is 1.60. The molecule has 0 radical (unpaired) electrons. The van der Waals surface area contributed by atoms with E-state index in [1.807, 2.05) is 0 Å². The fraction of sp³-hybridized carbons (Fsp3) is 0.143. The number of nitrogens with two attached hydrogens (primary N) is 1. The average molecular weight is 274 g/mol. The van der Waals surface area contributed by atoms with Gasteiger partial charge in [0, 0.05) is 12.3 Å². The van der Waals surface area contributed by atoms with Crippen LogP contribution in [0, 0.1) is 0 Å². The molecule has 6 heteroatoms. The van der Waals surface area contributed by atoms with Crippen LogP contribution in [0.25, 0.3) is 0 Å². The number of aromatic nitrogens is 1. The standard InChI is InChI=1S/C14H14N2O4/c1-18-9-4-3-5-10(8-9)20-13-12(15)11(6-7-16-13)14(17)19-2/h3-8H,15H2,1-2H3. The molecule has 20 heavy (non-hydrogen) atoms. The Kier molecular flexibility index (Phi) is 4.05. The Labute approximate surface area is 116 Å². The molecule has 0 saturated heterocycles. The number of carbonyl (C=O) groups excluding carboxylic acids is 1. The lowest BCUT2D eigenvalue weighted by Gasteiger charge is -2.10. The highest BCUT2D eigenvalue weighted by molar-refractivity contribution is 5.96. The van der Waals surface area contributed by atoms with Crippen molar-refractivity contribution < 1.29 is 19.0 Å². The number of methoxy groups -OCH3 is 2. The summed E-state index contributed by atoms with van der Waals surface area (Å²) in [7, 11) is 2.84. The number of hydrogen-bond acceptors (Lipinski definition) is 6. The van der Waals surface area contributed by atoms with E-state index in [0.29, 0.717) is 11.5 Å². The monoisotopic (exact) mass is 274 g/mol. The summed E-state index contributed by atoms with van der Waals surface area (Å²) in [4.78, 5) is 15.5. The van der Waals surface area contributed by atoms with Gasteiger partial charge in [0.2, 0.25) is 5.88 Å². The maximum Gasteiger partial charge on any atom is 0.340 e. The third-order valence-corrected chi connectivity index (χ3v) is 2.61. The second kappa shape index (κ2) is 5.92. The number of hydrogen-bond donors (Lipinski definition) is 1. The number of carbonyl (C=O) groups is 1. The van der Waals surface area contributed by atoms with Crippen LogP contribution in [-0.2, 0) is 4.74 Å². The Hall–Kier alpha value is -2.76. The number of benzene rings is 1. The minimum atomic E-state index is -0.541. The molecule has 0 unspecified atom stereocenters. The smallest absolute Gasteiger partial charge is 0.340 e. The van der Waals surface area contributed by atoms with Crippen molar-refractivity contribution in [2.24, 2.45) is 0 Å². The quantitative estimate of drug-likeness (QED) is 0.861. The number of anilines is 1. The van der Waals surface area contributed by atoms with Gasteiger partial charge in [0.25, 0.3) is 0 Å². The van der Waals surface area contributed by atoms with E-state index in [-0.39, 0.29) is 17.1 Å². The lowest BCUT2D eigenvalue weighted by molar-refractivity contribution is 0.0601. The SMILES string of the molecule is COC(=O)c1ccnc(Oc2cccc(OC)c2)c1N. The van der Waals surface area contributed by atoms with Crippen molar-refractivity contribution in [2.45, 2.75) is 0 Å². The highest BCUT2D eigenvalue weighted by Gasteiger charge is 2.15. The molecule has 0 spiro atoms. The van der Waals surface area contributed by atoms with Crippen LogP contribution in [0.1, 0.15) is 10.4 Å². The normalized spacial score (nSPS) is 9.90. The van der Waals surface area contributed by atoms with Gasteiger partial charge in [-0.15, -0.1) is 0 Å². The zero-order valence-electron chi connectivity index (χ0n) is 11.1. The number of nitrogen functional groups attached to an aromatic ring is 1. The molecule has 6 nitrogen and oxygen atoms in total. The number of ether oxygens (including phenoxy) is 3. The van der Waals surface area contributed by atoms with E-state index in [1.54, 1.807) is 31.4 Å². The summed E-state index contributed by atoms with van der Waals surface area (Å²) in [6.07, 6.45) is 1.43. The van der Waals surface area contributed by atoms with E-state index in [9.17, 15) is 4.79 Å². The molecule has 2 rings (SSSR count). The first-order valence-electron chi connectivity index (χ1n) is 5.80. The summed E-state index contributed by atoms with van der Waals surface area (Å²) in [5, 5.41) is 0. The third kappa shape index (κ3) is 2.80. The molecule has 0 aliphatic carbocycles. The van der Waals surface area contributed by atoms with Gasteiger partial charge in [0.15, 0.2) is 0 Å². The highest BCUT2D eigenvalue weighted by Crippen LogP contribution is 2.29. The van der Waals surface area contributed by atoms with E-state index in [0.717, 1.165) is 0 Å². The summed E-state index contributed by atoms with van der Waals surface area (Å²) in [5.74, 6) is 0.748. The van der Waals surface area contributed by atoms with Gasteiger partial charge in [-0.3, -0.25) is 0 Å². The minimum Gasteiger partial charge on any atom is -0.497 e. The van der Waals surface area contributed by atoms with Gasteiger partial charge >= 0.3 is 5.97 Å². The molecule has 0 aliphatic rings. The molecule has 0 aliphatic heterocycles. The fourth-order valence-electron chi connectivity index (χ4n) is 1.60. The van der Waals surface area contributed by atoms with Crippen LogP contribution < -0.4 is 15.2 Å². The van der Waals surface area contributed by atoms with Crippen LogP contribution in [0.4, 0.5) is 5.69 Å². The molecule has 0 amide bonds. The van der Waals surface area contributed by atoms with Crippen molar-refractivity contribution in [3.05, 3.63) is 42.1 Å². The Morgan fingerprint density at radius 2 is 1.95 bits per heavy atom. The molecule has 2 aromatic rings. The first-order chi connectivity index (χ1) is 9.65. The summed E-state index contributed by atoms with van der Waals surface area (Å²) in [6.45, 7) is 0. The number of nitrogens with zero attached hydrogens (tertiary/aromatic N) is 1. The van der Waals surface area contributed by atoms with Crippen molar-refractivity contribution in [2.75, 3.05) is 20.0 Å². The van der Waals surface area contributed by atoms with Gasteiger partial charge in [-0.2, -0.15) is 0 Å². The lowest BCUT2D eigenvalue weighted by Crippen LogP contribution is -2.07. The summed E-state index contributed by atoms with van der Waals surface area (Å²) < 4.78 is 15.3. The van der Waals surface area contributed by atoms with Crippen molar-refractivity contribution in [1.82, 2.24) is 4.98 Å². The summed E-state index contributed by atoms with van der Waals surface area (Å²) in [5.41, 5.74) is 6.19. The van der Waals surface area contributed by atoms with Crippen molar-refractivity contribution >= 4 is 11.7 Å². The largest absolute Gasteiger partial charge is 0.497 e. The summed E-state index contributed by atoms with van der Waals surface area (Å²) >= 11 is 0. The first kappa shape index (κ1) is 13.7. The van der Waals surface area contributed by atoms with Crippen molar-refractivity contribution in [3.8, 4) is 17.4 Å². The van der Waals surface area contributed by atoms with E-state index in [1.165, 1.54) is 19.4 Å². The molecular formula is C14H14N2O4. The summed E-state index contributed by atoms with van der Waals surface area (Å²) in [6, 6.07) is 8.45. The topological polar surface area (TPSA) is 83.7 Å². The van der Waals surface area contributed by atoms with Crippen molar-refractivity contribution in [1.29, 1.82) is 0 Å². The molecule has 0 fully saturated rings. The average Bonchev–Trinajstić information content (AvgIpc) is 2.49. The van der Waals surface area contributed by atoms with Crippen molar-refractivity contribution in [3.63, 3.8) is 0 Å². The number of pyridine rings is 1. The Morgan fingerprint density at radius 1 is 1.20 bits per heavy atom. The molecule has 104 valence electrons. The molecule has 1 aromatic heterocycles. The van der Waals surface area contributed by atoms with E-state index < -0.39 is 5.97 Å². The Morgan fingerprint density at radius 3 is 2.65 bits per heavy atom. The predicted octanol–water partition coefficient (Wildman–Crippen LogP) is 2.25. The van der Waals surface area contributed by atoms with Crippen LogP contribution in [0.2, 0.25) is 0 Å². The molecule has 1 aromatic carbocycles. The van der Waals surface area contributed by atoms with Crippen LogP contribution >= 0.6 is 0 Å². The third-order valence-electron chi connectivity index (χ3n) is 2.61. The molecule has 1 heterocycles. The van der Waals surface area contributed by atoms with E-state index in [4.69, 9.17) is 15.2 Å². The second-order valence-corrected chi connectivity index (χ2v) is 3.85. The van der Waals surface area contributed by atoms with Crippen LogP contribution in [0.5, 0.6) is 17.4 Å². The molecular weight excluding hydrogens is 260 g/mol. The molecule has 0 saturated carbocycles. The van der Waals surface area contributed by atoms with Crippen LogP contribution in [0.3, 0.4) is 0 Å². The van der Waals surface area contributed by atoms with Gasteiger partial charge in [0.05, 0.1) is 19.8 Å². The van der Waals surface area contributed by atoms with Gasteiger partial charge in [-0.05, 0) is 18.2 Å². The number of rotatable bonds is 4. The maximum absolute atomic E-state index is 11.5. The van der Waals surface area contributed by atoms with Gasteiger partial charge < -0.3 is 19.9 Å². The zero-order valence-corrected chi connectivity index (χ0v) is 11.1. The minimum absolute atomic E-state index is 0.127.